The molecule has 2 bridgehead atoms. The Labute approximate surface area is 85.0 Å². The average Bonchev–Trinajstić information content (AvgIpc) is 2.66. The van der Waals surface area contributed by atoms with Crippen molar-refractivity contribution in [1.82, 2.24) is 0 Å². The summed E-state index contributed by atoms with van der Waals surface area (Å²) in [7, 11) is 0. The molecule has 1 N–H and O–H groups in total. The molecule has 3 atom stereocenters. The van der Waals surface area contributed by atoms with Gasteiger partial charge in [-0.05, 0) is 31.3 Å². The molecule has 0 aromatic heterocycles. The van der Waals surface area contributed by atoms with E-state index in [0.717, 1.165) is 13.0 Å². The molecule has 78 valence electrons. The van der Waals surface area contributed by atoms with E-state index in [4.69, 9.17) is 4.74 Å². The fraction of sp³-hybridized carbons (Fsp3) is 0.833. The van der Waals surface area contributed by atoms with E-state index in [-0.39, 0.29) is 12.0 Å². The van der Waals surface area contributed by atoms with Crippen molar-refractivity contribution in [2.45, 2.75) is 38.7 Å². The van der Waals surface area contributed by atoms with Gasteiger partial charge in [0.25, 0.3) is 0 Å². The molecule has 2 heteroatoms. The van der Waals surface area contributed by atoms with Gasteiger partial charge in [0.15, 0.2) is 0 Å². The predicted octanol–water partition coefficient (Wildman–Crippen LogP) is 1.88. The van der Waals surface area contributed by atoms with E-state index in [2.05, 4.69) is 13.0 Å². The second kappa shape index (κ2) is 2.61. The molecule has 1 saturated carbocycles. The molecule has 3 unspecified atom stereocenters. The van der Waals surface area contributed by atoms with Gasteiger partial charge in [0, 0.05) is 10.8 Å². The fourth-order valence-electron chi connectivity index (χ4n) is 4.01. The van der Waals surface area contributed by atoms with Crippen LogP contribution in [0.5, 0.6) is 0 Å². The van der Waals surface area contributed by atoms with E-state index >= 15 is 0 Å². The monoisotopic (exact) mass is 194 g/mol. The van der Waals surface area contributed by atoms with Gasteiger partial charge in [-0.2, -0.15) is 0 Å². The fourth-order valence-corrected chi connectivity index (χ4v) is 4.01. The Hall–Kier alpha value is -0.340. The zero-order valence-corrected chi connectivity index (χ0v) is 8.75. The third kappa shape index (κ3) is 0.763. The lowest BCUT2D eigenvalue weighted by atomic mass is 9.59. The van der Waals surface area contributed by atoms with E-state index in [0.29, 0.717) is 11.5 Å². The maximum atomic E-state index is 9.44. The van der Waals surface area contributed by atoms with Gasteiger partial charge < -0.3 is 9.84 Å². The molecular formula is C12H18O2. The van der Waals surface area contributed by atoms with Crippen LogP contribution in [0.2, 0.25) is 0 Å². The van der Waals surface area contributed by atoms with Crippen LogP contribution in [0.4, 0.5) is 0 Å². The van der Waals surface area contributed by atoms with Gasteiger partial charge in [0.1, 0.15) is 0 Å². The Morgan fingerprint density at radius 1 is 1.57 bits per heavy atom. The maximum absolute atomic E-state index is 9.44. The molecule has 0 amide bonds. The molecule has 2 aliphatic carbocycles. The summed E-state index contributed by atoms with van der Waals surface area (Å²) >= 11 is 0. The summed E-state index contributed by atoms with van der Waals surface area (Å²) in [6.45, 7) is 3.44. The minimum Gasteiger partial charge on any atom is -0.392 e. The van der Waals surface area contributed by atoms with Gasteiger partial charge in [-0.3, -0.25) is 0 Å². The first-order chi connectivity index (χ1) is 6.73. The normalized spacial score (nSPS) is 50.4. The van der Waals surface area contributed by atoms with E-state index < -0.39 is 0 Å². The Morgan fingerprint density at radius 3 is 3.07 bits per heavy atom. The van der Waals surface area contributed by atoms with Crippen molar-refractivity contribution in [1.29, 1.82) is 0 Å². The average molecular weight is 194 g/mol. The summed E-state index contributed by atoms with van der Waals surface area (Å²) in [5.41, 5.74) is 1.77. The molecule has 1 aliphatic heterocycles. The predicted molar refractivity (Wildman–Crippen MR) is 53.9 cm³/mol. The standard InChI is InChI=1S/C12H18O2/c1-11-5-2-3-9(7-13)12(11)6-4-10(11)14-8-12/h3,10,13H,2,4-8H2,1H3. The number of aliphatic hydroxyl groups excluding tert-OH is 1. The van der Waals surface area contributed by atoms with Crippen molar-refractivity contribution >= 4 is 0 Å². The summed E-state index contributed by atoms with van der Waals surface area (Å²) in [6.07, 6.45) is 7.47. The van der Waals surface area contributed by atoms with Crippen LogP contribution in [-0.2, 0) is 4.74 Å². The molecule has 0 spiro atoms. The lowest BCUT2D eigenvalue weighted by Crippen LogP contribution is -2.41. The second-order valence-corrected chi connectivity index (χ2v) is 5.26. The zero-order valence-electron chi connectivity index (χ0n) is 8.75. The van der Waals surface area contributed by atoms with Gasteiger partial charge in [-0.1, -0.05) is 13.0 Å². The minimum atomic E-state index is 0.199. The third-order valence-electron chi connectivity index (χ3n) is 5.01. The lowest BCUT2D eigenvalue weighted by Gasteiger charge is -2.43. The van der Waals surface area contributed by atoms with Crippen molar-refractivity contribution in [3.63, 3.8) is 0 Å². The number of hydrogen-bond acceptors (Lipinski definition) is 2. The van der Waals surface area contributed by atoms with Crippen molar-refractivity contribution in [3.8, 4) is 0 Å². The van der Waals surface area contributed by atoms with Crippen molar-refractivity contribution in [3.05, 3.63) is 11.6 Å². The van der Waals surface area contributed by atoms with Gasteiger partial charge in [-0.15, -0.1) is 0 Å². The number of rotatable bonds is 1. The SMILES string of the molecule is CC12CCC=C(CO)C13CCC2OC3. The molecule has 3 rings (SSSR count). The van der Waals surface area contributed by atoms with Crippen LogP contribution in [0.15, 0.2) is 11.6 Å². The number of allylic oxidation sites excluding steroid dienone is 1. The molecule has 0 aromatic carbocycles. The van der Waals surface area contributed by atoms with Crippen LogP contribution in [0.3, 0.4) is 0 Å². The van der Waals surface area contributed by atoms with Gasteiger partial charge >= 0.3 is 0 Å². The molecule has 1 heterocycles. The minimum absolute atomic E-state index is 0.199. The second-order valence-electron chi connectivity index (χ2n) is 5.26. The summed E-state index contributed by atoms with van der Waals surface area (Å²) in [4.78, 5) is 0. The summed E-state index contributed by atoms with van der Waals surface area (Å²) < 4.78 is 5.87. The Kier molecular flexibility index (Phi) is 1.67. The number of aliphatic hydroxyl groups is 1. The lowest BCUT2D eigenvalue weighted by molar-refractivity contribution is 0.0491. The topological polar surface area (TPSA) is 29.5 Å². The molecule has 0 aromatic rings. The van der Waals surface area contributed by atoms with Crippen LogP contribution in [0, 0.1) is 10.8 Å². The maximum Gasteiger partial charge on any atom is 0.0648 e. The highest BCUT2D eigenvalue weighted by Gasteiger charge is 2.64. The van der Waals surface area contributed by atoms with Gasteiger partial charge in [0.05, 0.1) is 19.3 Å². The smallest absolute Gasteiger partial charge is 0.0648 e. The van der Waals surface area contributed by atoms with Crippen molar-refractivity contribution in [2.75, 3.05) is 13.2 Å². The van der Waals surface area contributed by atoms with Crippen LogP contribution < -0.4 is 0 Å². The van der Waals surface area contributed by atoms with E-state index in [1.165, 1.54) is 24.8 Å². The quantitative estimate of drug-likeness (QED) is 0.646. The van der Waals surface area contributed by atoms with Crippen molar-refractivity contribution < 1.29 is 9.84 Å². The molecular weight excluding hydrogens is 176 g/mol. The molecule has 3 aliphatic rings. The molecule has 2 fully saturated rings. The Morgan fingerprint density at radius 2 is 2.43 bits per heavy atom. The van der Waals surface area contributed by atoms with E-state index in [1.54, 1.807) is 0 Å². The highest BCUT2D eigenvalue weighted by Crippen LogP contribution is 2.66. The molecule has 0 radical (unpaired) electrons. The van der Waals surface area contributed by atoms with Crippen LogP contribution in [0.25, 0.3) is 0 Å². The molecule has 14 heavy (non-hydrogen) atoms. The highest BCUT2D eigenvalue weighted by atomic mass is 16.5. The summed E-state index contributed by atoms with van der Waals surface area (Å²) in [5, 5.41) is 9.44. The largest absolute Gasteiger partial charge is 0.392 e. The first kappa shape index (κ1) is 8.93. The number of hydrogen-bond donors (Lipinski definition) is 1. The van der Waals surface area contributed by atoms with Crippen LogP contribution in [-0.4, -0.2) is 24.4 Å². The summed E-state index contributed by atoms with van der Waals surface area (Å²) in [5.74, 6) is 0. The molecule has 2 nitrogen and oxygen atoms in total. The van der Waals surface area contributed by atoms with Gasteiger partial charge in [0.2, 0.25) is 0 Å². The molecule has 1 saturated heterocycles. The van der Waals surface area contributed by atoms with Crippen LogP contribution >= 0.6 is 0 Å². The zero-order chi connectivity index (χ0) is 9.81. The van der Waals surface area contributed by atoms with E-state index in [1.807, 2.05) is 0 Å². The van der Waals surface area contributed by atoms with Gasteiger partial charge in [-0.25, -0.2) is 0 Å². The van der Waals surface area contributed by atoms with Crippen LogP contribution in [0.1, 0.15) is 32.6 Å². The van der Waals surface area contributed by atoms with E-state index in [9.17, 15) is 5.11 Å². The highest BCUT2D eigenvalue weighted by molar-refractivity contribution is 5.30. The number of ether oxygens (including phenoxy) is 1. The summed E-state index contributed by atoms with van der Waals surface area (Å²) in [6, 6.07) is 0. The Balaban J connectivity index is 2.11. The first-order valence-corrected chi connectivity index (χ1v) is 5.65. The third-order valence-corrected chi connectivity index (χ3v) is 5.01. The Bertz CT molecular complexity index is 287. The first-order valence-electron chi connectivity index (χ1n) is 5.65. The van der Waals surface area contributed by atoms with Crippen molar-refractivity contribution in [2.24, 2.45) is 10.8 Å².